The molecule has 20 heavy (non-hydrogen) atoms. The van der Waals surface area contributed by atoms with Crippen molar-refractivity contribution in [2.45, 2.75) is 32.0 Å². The molecule has 3 nitrogen and oxygen atoms in total. The van der Waals surface area contributed by atoms with Gasteiger partial charge in [0.15, 0.2) is 0 Å². The monoisotopic (exact) mass is 292 g/mol. The van der Waals surface area contributed by atoms with Crippen LogP contribution in [-0.2, 0) is 4.74 Å². The maximum atomic E-state index is 11.8. The molecule has 0 saturated heterocycles. The van der Waals surface area contributed by atoms with Crippen LogP contribution >= 0.6 is 0 Å². The summed E-state index contributed by atoms with van der Waals surface area (Å²) in [6.07, 6.45) is -3.98. The predicted molar refractivity (Wildman–Crippen MR) is 68.7 cm³/mol. The number of benzene rings is 1. The number of rotatable bonds is 8. The van der Waals surface area contributed by atoms with Crippen LogP contribution in [0.25, 0.3) is 0 Å². The lowest BCUT2D eigenvalue weighted by Crippen LogP contribution is -2.18. The van der Waals surface area contributed by atoms with E-state index in [9.17, 15) is 18.3 Å². The van der Waals surface area contributed by atoms with Crippen LogP contribution in [0, 0.1) is 0 Å². The van der Waals surface area contributed by atoms with Crippen molar-refractivity contribution >= 4 is 0 Å². The van der Waals surface area contributed by atoms with E-state index in [0.717, 1.165) is 0 Å². The third kappa shape index (κ3) is 6.25. The molecule has 0 amide bonds. The van der Waals surface area contributed by atoms with Crippen LogP contribution in [0.3, 0.4) is 0 Å². The lowest BCUT2D eigenvalue weighted by Gasteiger charge is -2.15. The summed E-state index contributed by atoms with van der Waals surface area (Å²) in [5.41, 5.74) is 0.686. The molecule has 1 aromatic rings. The van der Waals surface area contributed by atoms with E-state index in [-0.39, 0.29) is 13.2 Å². The zero-order valence-electron chi connectivity index (χ0n) is 11.3. The fourth-order valence-corrected chi connectivity index (χ4v) is 1.64. The highest BCUT2D eigenvalue weighted by atomic mass is 19.4. The highest BCUT2D eigenvalue weighted by Gasteiger charge is 2.27. The van der Waals surface area contributed by atoms with Gasteiger partial charge in [-0.3, -0.25) is 0 Å². The highest BCUT2D eigenvalue weighted by Crippen LogP contribution is 2.26. The van der Waals surface area contributed by atoms with E-state index in [1.807, 2.05) is 6.92 Å². The van der Waals surface area contributed by atoms with Crippen LogP contribution in [0.15, 0.2) is 24.3 Å². The Labute approximate surface area is 116 Å². The minimum atomic E-state index is -4.29. The Hall–Kier alpha value is -1.27. The Morgan fingerprint density at radius 3 is 2.55 bits per heavy atom. The van der Waals surface area contributed by atoms with Crippen LogP contribution in [0.1, 0.15) is 31.4 Å². The Morgan fingerprint density at radius 1 is 1.20 bits per heavy atom. The first-order valence-corrected chi connectivity index (χ1v) is 6.48. The second-order valence-corrected chi connectivity index (χ2v) is 4.33. The smallest absolute Gasteiger partial charge is 0.411 e. The molecule has 0 radical (unpaired) electrons. The van der Waals surface area contributed by atoms with Crippen molar-refractivity contribution in [1.29, 1.82) is 0 Å². The number of halogens is 3. The highest BCUT2D eigenvalue weighted by molar-refractivity contribution is 5.34. The number of ether oxygens (including phenoxy) is 2. The van der Waals surface area contributed by atoms with Gasteiger partial charge in [-0.05, 0) is 12.5 Å². The van der Waals surface area contributed by atoms with Gasteiger partial charge in [0.25, 0.3) is 0 Å². The quantitative estimate of drug-likeness (QED) is 0.746. The summed E-state index contributed by atoms with van der Waals surface area (Å²) < 4.78 is 45.4. The first-order chi connectivity index (χ1) is 9.44. The van der Waals surface area contributed by atoms with Crippen molar-refractivity contribution < 1.29 is 27.8 Å². The SMILES string of the molecule is CC[C@H](O)c1ccccc1OCCCOCC(F)(F)F. The van der Waals surface area contributed by atoms with Gasteiger partial charge in [0.05, 0.1) is 19.3 Å². The summed E-state index contributed by atoms with van der Waals surface area (Å²) in [6.45, 7) is 0.841. The standard InChI is InChI=1S/C14H19F3O3/c1-2-12(18)11-6-3-4-7-13(11)20-9-5-8-19-10-14(15,16)17/h3-4,6-7,12,18H,2,5,8-10H2,1H3/t12-/m0/s1. The molecule has 0 aliphatic rings. The Kier molecular flexibility index (Phi) is 6.81. The molecule has 6 heteroatoms. The van der Waals surface area contributed by atoms with Gasteiger partial charge in [-0.1, -0.05) is 25.1 Å². The molecule has 0 heterocycles. The second kappa shape index (κ2) is 8.11. The Bertz CT molecular complexity index is 393. The van der Waals surface area contributed by atoms with Crippen LogP contribution < -0.4 is 4.74 Å². The van der Waals surface area contributed by atoms with E-state index in [1.54, 1.807) is 24.3 Å². The number of alkyl halides is 3. The molecule has 0 fully saturated rings. The molecule has 114 valence electrons. The van der Waals surface area contributed by atoms with Crippen LogP contribution in [0.4, 0.5) is 13.2 Å². The van der Waals surface area contributed by atoms with Crippen LogP contribution in [0.2, 0.25) is 0 Å². The van der Waals surface area contributed by atoms with Crippen LogP contribution in [0.5, 0.6) is 5.75 Å². The molecule has 0 aliphatic heterocycles. The fourth-order valence-electron chi connectivity index (χ4n) is 1.64. The lowest BCUT2D eigenvalue weighted by atomic mass is 10.1. The van der Waals surface area contributed by atoms with Gasteiger partial charge < -0.3 is 14.6 Å². The molecule has 1 rings (SSSR count). The average molecular weight is 292 g/mol. The topological polar surface area (TPSA) is 38.7 Å². The molecule has 1 N–H and O–H groups in total. The van der Waals surface area contributed by atoms with Crippen LogP contribution in [-0.4, -0.2) is 31.1 Å². The van der Waals surface area contributed by atoms with E-state index < -0.39 is 18.9 Å². The zero-order chi connectivity index (χ0) is 15.0. The maximum absolute atomic E-state index is 11.8. The van der Waals surface area contributed by atoms with Gasteiger partial charge in [0.2, 0.25) is 0 Å². The zero-order valence-corrected chi connectivity index (χ0v) is 11.3. The first kappa shape index (κ1) is 16.8. The van der Waals surface area contributed by atoms with Crippen molar-refractivity contribution in [2.75, 3.05) is 19.8 Å². The number of aliphatic hydroxyl groups excluding tert-OH is 1. The van der Waals surface area contributed by atoms with Gasteiger partial charge in [0.1, 0.15) is 12.4 Å². The van der Waals surface area contributed by atoms with Gasteiger partial charge in [-0.25, -0.2) is 0 Å². The molecule has 1 aromatic carbocycles. The van der Waals surface area contributed by atoms with Gasteiger partial charge in [-0.15, -0.1) is 0 Å². The Morgan fingerprint density at radius 2 is 1.90 bits per heavy atom. The summed E-state index contributed by atoms with van der Waals surface area (Å²) in [4.78, 5) is 0. The minimum absolute atomic E-state index is 0.0159. The van der Waals surface area contributed by atoms with Crippen molar-refractivity contribution in [3.63, 3.8) is 0 Å². The summed E-state index contributed by atoms with van der Waals surface area (Å²) in [7, 11) is 0. The predicted octanol–water partition coefficient (Wildman–Crippen LogP) is 3.48. The van der Waals surface area contributed by atoms with E-state index in [2.05, 4.69) is 4.74 Å². The van der Waals surface area contributed by atoms with E-state index in [4.69, 9.17) is 4.74 Å². The van der Waals surface area contributed by atoms with Gasteiger partial charge in [-0.2, -0.15) is 13.2 Å². The largest absolute Gasteiger partial charge is 0.493 e. The second-order valence-electron chi connectivity index (χ2n) is 4.33. The third-order valence-electron chi connectivity index (χ3n) is 2.62. The number of aliphatic hydroxyl groups is 1. The van der Waals surface area contributed by atoms with Crippen molar-refractivity contribution in [3.05, 3.63) is 29.8 Å². The Balaban J connectivity index is 2.32. The molecule has 0 bridgehead atoms. The molecule has 1 atom stereocenters. The molecule has 0 saturated carbocycles. The lowest BCUT2D eigenvalue weighted by molar-refractivity contribution is -0.174. The maximum Gasteiger partial charge on any atom is 0.411 e. The molecule has 0 unspecified atom stereocenters. The van der Waals surface area contributed by atoms with Crippen molar-refractivity contribution in [3.8, 4) is 5.75 Å². The van der Waals surface area contributed by atoms with E-state index in [0.29, 0.717) is 24.2 Å². The van der Waals surface area contributed by atoms with Gasteiger partial charge in [0, 0.05) is 12.0 Å². The van der Waals surface area contributed by atoms with Crippen molar-refractivity contribution in [1.82, 2.24) is 0 Å². The summed E-state index contributed by atoms with van der Waals surface area (Å²) >= 11 is 0. The first-order valence-electron chi connectivity index (χ1n) is 6.48. The van der Waals surface area contributed by atoms with Gasteiger partial charge >= 0.3 is 6.18 Å². The molecular formula is C14H19F3O3. The summed E-state index contributed by atoms with van der Waals surface area (Å²) in [6, 6.07) is 7.07. The fraction of sp³-hybridized carbons (Fsp3) is 0.571. The molecule has 0 aromatic heterocycles. The third-order valence-corrected chi connectivity index (χ3v) is 2.62. The molecule has 0 spiro atoms. The van der Waals surface area contributed by atoms with Crippen molar-refractivity contribution in [2.24, 2.45) is 0 Å². The molecular weight excluding hydrogens is 273 g/mol. The summed E-state index contributed by atoms with van der Waals surface area (Å²) in [5.74, 6) is 0.553. The number of hydrogen-bond acceptors (Lipinski definition) is 3. The number of hydrogen-bond donors (Lipinski definition) is 1. The average Bonchev–Trinajstić information content (AvgIpc) is 2.41. The minimum Gasteiger partial charge on any atom is -0.493 e. The van der Waals surface area contributed by atoms with E-state index in [1.165, 1.54) is 0 Å². The normalized spacial score (nSPS) is 13.2. The molecule has 0 aliphatic carbocycles. The summed E-state index contributed by atoms with van der Waals surface area (Å²) in [5, 5.41) is 9.81. The van der Waals surface area contributed by atoms with E-state index >= 15 is 0 Å². The number of para-hydroxylation sites is 1.